The fraction of sp³-hybridized carbons (Fsp3) is 0.154. The molecule has 0 bridgehead atoms. The minimum absolute atomic E-state index is 0.161. The van der Waals surface area contributed by atoms with Crippen molar-refractivity contribution in [2.45, 2.75) is 12.6 Å². The third-order valence-electron chi connectivity index (χ3n) is 2.51. The Morgan fingerprint density at radius 3 is 2.61 bits per heavy atom. The lowest BCUT2D eigenvalue weighted by atomic mass is 10.1. The van der Waals surface area contributed by atoms with E-state index in [1.54, 1.807) is 11.3 Å². The molecule has 0 aliphatic rings. The predicted molar refractivity (Wildman–Crippen MR) is 77.2 cm³/mol. The van der Waals surface area contributed by atoms with Gasteiger partial charge in [0.05, 0.1) is 10.3 Å². The smallest absolute Gasteiger partial charge is 0.241 e. The van der Waals surface area contributed by atoms with Crippen LogP contribution in [0.3, 0.4) is 0 Å². The number of hydrogen-bond acceptors (Lipinski definition) is 3. The number of hydrogen-bond donors (Lipinski definition) is 2. The van der Waals surface area contributed by atoms with E-state index in [1.165, 1.54) is 0 Å². The summed E-state index contributed by atoms with van der Waals surface area (Å²) in [5, 5.41) is 2.84. The fourth-order valence-corrected chi connectivity index (χ4v) is 2.97. The maximum atomic E-state index is 11.9. The molecule has 3 N–H and O–H groups in total. The molecule has 0 aliphatic heterocycles. The Morgan fingerprint density at radius 2 is 2.00 bits per heavy atom. The molecule has 1 aromatic heterocycles. The van der Waals surface area contributed by atoms with E-state index in [4.69, 9.17) is 5.73 Å². The highest BCUT2D eigenvalue weighted by atomic mass is 79.9. The van der Waals surface area contributed by atoms with Crippen LogP contribution in [-0.4, -0.2) is 5.91 Å². The number of nitrogens with one attached hydrogen (secondary N) is 1. The van der Waals surface area contributed by atoms with Crippen molar-refractivity contribution < 1.29 is 4.79 Å². The van der Waals surface area contributed by atoms with Gasteiger partial charge in [0, 0.05) is 4.88 Å². The highest BCUT2D eigenvalue weighted by Crippen LogP contribution is 2.21. The van der Waals surface area contributed by atoms with E-state index in [0.29, 0.717) is 6.54 Å². The Hall–Kier alpha value is -1.17. The van der Waals surface area contributed by atoms with E-state index in [-0.39, 0.29) is 5.91 Å². The zero-order valence-corrected chi connectivity index (χ0v) is 12.0. The van der Waals surface area contributed by atoms with Gasteiger partial charge in [0.25, 0.3) is 0 Å². The molecule has 1 heterocycles. The Balaban J connectivity index is 1.92. The van der Waals surface area contributed by atoms with Crippen molar-refractivity contribution in [2.75, 3.05) is 0 Å². The summed E-state index contributed by atoms with van der Waals surface area (Å²) in [4.78, 5) is 13.0. The number of nitrogens with two attached hydrogens (primary N) is 1. The summed E-state index contributed by atoms with van der Waals surface area (Å²) in [6.07, 6.45) is 0. The molecular weight excluding hydrogens is 312 g/mol. The summed E-state index contributed by atoms with van der Waals surface area (Å²) in [6.45, 7) is 0.510. The van der Waals surface area contributed by atoms with E-state index in [0.717, 1.165) is 14.2 Å². The molecule has 0 spiro atoms. The van der Waals surface area contributed by atoms with Gasteiger partial charge in [0.1, 0.15) is 6.04 Å². The standard InChI is InChI=1S/C13H13BrN2OS/c14-11-7-6-10(18-11)8-16-13(17)12(15)9-4-2-1-3-5-9/h1-7,12H,8,15H2,(H,16,17). The third-order valence-corrected chi connectivity index (χ3v) is 4.13. The predicted octanol–water partition coefficient (Wildman–Crippen LogP) is 2.83. The van der Waals surface area contributed by atoms with Crippen LogP contribution in [-0.2, 0) is 11.3 Å². The van der Waals surface area contributed by atoms with E-state index in [2.05, 4.69) is 21.2 Å². The second kappa shape index (κ2) is 6.13. The van der Waals surface area contributed by atoms with Crippen LogP contribution in [0.4, 0.5) is 0 Å². The minimum atomic E-state index is -0.616. The highest BCUT2D eigenvalue weighted by Gasteiger charge is 2.14. The number of amides is 1. The number of carbonyl (C=O) groups excluding carboxylic acids is 1. The maximum Gasteiger partial charge on any atom is 0.241 e. The average molecular weight is 325 g/mol. The summed E-state index contributed by atoms with van der Waals surface area (Å²) in [7, 11) is 0. The monoisotopic (exact) mass is 324 g/mol. The maximum absolute atomic E-state index is 11.9. The quantitative estimate of drug-likeness (QED) is 0.908. The van der Waals surface area contributed by atoms with Crippen LogP contribution in [0.15, 0.2) is 46.3 Å². The van der Waals surface area contributed by atoms with Crippen LogP contribution in [0, 0.1) is 0 Å². The summed E-state index contributed by atoms with van der Waals surface area (Å²) in [6, 6.07) is 12.7. The summed E-state index contributed by atoms with van der Waals surface area (Å²) >= 11 is 4.98. The van der Waals surface area contributed by atoms with Gasteiger partial charge < -0.3 is 11.1 Å². The fourth-order valence-electron chi connectivity index (χ4n) is 1.54. The van der Waals surface area contributed by atoms with Gasteiger partial charge in [-0.15, -0.1) is 11.3 Å². The molecule has 5 heteroatoms. The molecule has 1 unspecified atom stereocenters. The van der Waals surface area contributed by atoms with Crippen molar-refractivity contribution in [2.24, 2.45) is 5.73 Å². The molecule has 1 aromatic carbocycles. The number of thiophene rings is 1. The van der Waals surface area contributed by atoms with Gasteiger partial charge in [0.15, 0.2) is 0 Å². The molecule has 0 radical (unpaired) electrons. The Bertz CT molecular complexity index is 527. The van der Waals surface area contributed by atoms with Crippen molar-refractivity contribution >= 4 is 33.2 Å². The number of carbonyl (C=O) groups is 1. The first kappa shape index (κ1) is 13.3. The molecule has 2 aromatic rings. The van der Waals surface area contributed by atoms with Gasteiger partial charge in [-0.25, -0.2) is 0 Å². The Kier molecular flexibility index (Phi) is 4.52. The summed E-state index contributed by atoms with van der Waals surface area (Å²) < 4.78 is 1.05. The SMILES string of the molecule is NC(C(=O)NCc1ccc(Br)s1)c1ccccc1. The van der Waals surface area contributed by atoms with Gasteiger partial charge in [0.2, 0.25) is 5.91 Å². The molecular formula is C13H13BrN2OS. The Morgan fingerprint density at radius 1 is 1.28 bits per heavy atom. The zero-order valence-electron chi connectivity index (χ0n) is 9.60. The van der Waals surface area contributed by atoms with Gasteiger partial charge in [-0.3, -0.25) is 4.79 Å². The highest BCUT2D eigenvalue weighted by molar-refractivity contribution is 9.11. The molecule has 94 valence electrons. The molecule has 1 amide bonds. The molecule has 0 saturated heterocycles. The second-order valence-corrected chi connectivity index (χ2v) is 6.36. The molecule has 18 heavy (non-hydrogen) atoms. The zero-order chi connectivity index (χ0) is 13.0. The lowest BCUT2D eigenvalue weighted by Gasteiger charge is -2.11. The largest absolute Gasteiger partial charge is 0.350 e. The lowest BCUT2D eigenvalue weighted by molar-refractivity contribution is -0.122. The van der Waals surface area contributed by atoms with Crippen LogP contribution >= 0.6 is 27.3 Å². The first-order valence-electron chi connectivity index (χ1n) is 5.49. The van der Waals surface area contributed by atoms with Gasteiger partial charge in [-0.1, -0.05) is 30.3 Å². The first-order chi connectivity index (χ1) is 8.66. The van der Waals surface area contributed by atoms with E-state index in [9.17, 15) is 4.79 Å². The third kappa shape index (κ3) is 3.41. The molecule has 0 saturated carbocycles. The summed E-state index contributed by atoms with van der Waals surface area (Å²) in [5.41, 5.74) is 6.71. The van der Waals surface area contributed by atoms with Gasteiger partial charge in [-0.05, 0) is 33.6 Å². The van der Waals surface area contributed by atoms with E-state index in [1.807, 2.05) is 42.5 Å². The van der Waals surface area contributed by atoms with Crippen molar-refractivity contribution in [1.29, 1.82) is 0 Å². The van der Waals surface area contributed by atoms with Crippen molar-refractivity contribution in [3.05, 3.63) is 56.7 Å². The van der Waals surface area contributed by atoms with Gasteiger partial charge >= 0.3 is 0 Å². The molecule has 3 nitrogen and oxygen atoms in total. The topological polar surface area (TPSA) is 55.1 Å². The normalized spacial score (nSPS) is 12.1. The minimum Gasteiger partial charge on any atom is -0.350 e. The van der Waals surface area contributed by atoms with Crippen molar-refractivity contribution in [1.82, 2.24) is 5.32 Å². The van der Waals surface area contributed by atoms with Crippen molar-refractivity contribution in [3.63, 3.8) is 0 Å². The second-order valence-electron chi connectivity index (χ2n) is 3.81. The lowest BCUT2D eigenvalue weighted by Crippen LogP contribution is -2.33. The summed E-state index contributed by atoms with van der Waals surface area (Å²) in [5.74, 6) is -0.161. The number of halogens is 1. The molecule has 1 atom stereocenters. The molecule has 0 fully saturated rings. The average Bonchev–Trinajstić information content (AvgIpc) is 2.82. The number of benzene rings is 1. The van der Waals surface area contributed by atoms with E-state index >= 15 is 0 Å². The van der Waals surface area contributed by atoms with Crippen LogP contribution < -0.4 is 11.1 Å². The first-order valence-corrected chi connectivity index (χ1v) is 7.10. The van der Waals surface area contributed by atoms with Crippen LogP contribution in [0.5, 0.6) is 0 Å². The van der Waals surface area contributed by atoms with E-state index < -0.39 is 6.04 Å². The molecule has 2 rings (SSSR count). The Labute approximate surface area is 118 Å². The number of rotatable bonds is 4. The van der Waals surface area contributed by atoms with Crippen LogP contribution in [0.1, 0.15) is 16.5 Å². The van der Waals surface area contributed by atoms with Crippen molar-refractivity contribution in [3.8, 4) is 0 Å². The molecule has 0 aliphatic carbocycles. The van der Waals surface area contributed by atoms with Crippen LogP contribution in [0.2, 0.25) is 0 Å². The van der Waals surface area contributed by atoms with Gasteiger partial charge in [-0.2, -0.15) is 0 Å². The van der Waals surface area contributed by atoms with Crippen LogP contribution in [0.25, 0.3) is 0 Å².